The lowest BCUT2D eigenvalue weighted by Crippen LogP contribution is -2.46. The summed E-state index contributed by atoms with van der Waals surface area (Å²) in [6.45, 7) is 1.80. The van der Waals surface area contributed by atoms with Crippen molar-refractivity contribution in [2.24, 2.45) is 0 Å². The molecule has 5 rings (SSSR count). The second kappa shape index (κ2) is 8.51. The maximum Gasteiger partial charge on any atom is 0.327 e. The van der Waals surface area contributed by atoms with Crippen molar-refractivity contribution in [3.05, 3.63) is 89.0 Å². The summed E-state index contributed by atoms with van der Waals surface area (Å²) in [6.07, 6.45) is 0. The van der Waals surface area contributed by atoms with Crippen molar-refractivity contribution < 1.29 is 18.4 Å². The number of aromatic nitrogens is 2. The second-order valence-corrected chi connectivity index (χ2v) is 8.32. The number of methoxy groups -OCH3 is 1. The van der Waals surface area contributed by atoms with E-state index in [1.54, 1.807) is 50.4 Å². The van der Waals surface area contributed by atoms with Crippen molar-refractivity contribution in [1.82, 2.24) is 15.5 Å². The Labute approximate surface area is 193 Å². The number of halogens is 1. The van der Waals surface area contributed by atoms with E-state index in [9.17, 15) is 9.18 Å². The molecule has 1 aliphatic heterocycles. The molecule has 1 N–H and O–H groups in total. The summed E-state index contributed by atoms with van der Waals surface area (Å²) in [7, 11) is 1.56. The average Bonchev–Trinajstić information content (AvgIpc) is 3.51. The number of amides is 2. The van der Waals surface area contributed by atoms with Gasteiger partial charge in [0.1, 0.15) is 11.6 Å². The van der Waals surface area contributed by atoms with Gasteiger partial charge < -0.3 is 14.6 Å². The standard InChI is InChI=1S/C24H19FN4O3S/c1-14-20(23-27-22(28-32-23)19-10-5-11-33-19)21(15-6-3-7-16(25)12-15)26-24(30)29(14)17-8-4-9-18(13-17)31-2/h3-13,21H,1-2H3,(H,26,30). The van der Waals surface area contributed by atoms with Gasteiger partial charge in [-0.15, -0.1) is 11.3 Å². The van der Waals surface area contributed by atoms with E-state index in [0.29, 0.717) is 34.1 Å². The van der Waals surface area contributed by atoms with Crippen LogP contribution in [0.15, 0.2) is 76.3 Å². The van der Waals surface area contributed by atoms with E-state index in [1.807, 2.05) is 17.5 Å². The smallest absolute Gasteiger partial charge is 0.327 e. The maximum absolute atomic E-state index is 14.1. The summed E-state index contributed by atoms with van der Waals surface area (Å²) in [4.78, 5) is 20.2. The van der Waals surface area contributed by atoms with Crippen LogP contribution in [0.2, 0.25) is 0 Å². The van der Waals surface area contributed by atoms with Crippen molar-refractivity contribution >= 4 is 28.6 Å². The molecule has 33 heavy (non-hydrogen) atoms. The lowest BCUT2D eigenvalue weighted by atomic mass is 9.94. The molecule has 0 fully saturated rings. The van der Waals surface area contributed by atoms with E-state index in [1.165, 1.54) is 28.4 Å². The third-order valence-electron chi connectivity index (χ3n) is 5.38. The number of hydrogen-bond acceptors (Lipinski definition) is 6. The molecule has 0 bridgehead atoms. The number of nitrogens with zero attached hydrogens (tertiary/aromatic N) is 3. The van der Waals surface area contributed by atoms with Crippen LogP contribution in [0.5, 0.6) is 5.75 Å². The van der Waals surface area contributed by atoms with Gasteiger partial charge in [-0.3, -0.25) is 4.90 Å². The fraction of sp³-hybridized carbons (Fsp3) is 0.125. The lowest BCUT2D eigenvalue weighted by molar-refractivity contribution is 0.244. The zero-order chi connectivity index (χ0) is 22.9. The minimum atomic E-state index is -0.674. The average molecular weight is 463 g/mol. The Morgan fingerprint density at radius 1 is 1.15 bits per heavy atom. The van der Waals surface area contributed by atoms with Gasteiger partial charge in [-0.1, -0.05) is 29.4 Å². The zero-order valence-corrected chi connectivity index (χ0v) is 18.6. The van der Waals surface area contributed by atoms with Crippen molar-refractivity contribution in [2.75, 3.05) is 12.0 Å². The maximum atomic E-state index is 14.1. The molecule has 4 aromatic rings. The Morgan fingerprint density at radius 3 is 2.76 bits per heavy atom. The second-order valence-electron chi connectivity index (χ2n) is 7.37. The summed E-state index contributed by atoms with van der Waals surface area (Å²) in [6, 6.07) is 16.0. The predicted molar refractivity (Wildman–Crippen MR) is 123 cm³/mol. The summed E-state index contributed by atoms with van der Waals surface area (Å²) < 4.78 is 25.0. The van der Waals surface area contributed by atoms with Crippen LogP contribution in [-0.2, 0) is 0 Å². The zero-order valence-electron chi connectivity index (χ0n) is 17.8. The number of allylic oxidation sites excluding steroid dienone is 1. The molecule has 2 aromatic heterocycles. The molecule has 2 aromatic carbocycles. The molecule has 0 saturated carbocycles. The van der Waals surface area contributed by atoms with Gasteiger partial charge in [-0.2, -0.15) is 4.98 Å². The third-order valence-corrected chi connectivity index (χ3v) is 6.24. The Balaban J connectivity index is 1.67. The molecule has 0 spiro atoms. The summed E-state index contributed by atoms with van der Waals surface area (Å²) in [5.74, 6) is 0.902. The minimum absolute atomic E-state index is 0.248. The summed E-state index contributed by atoms with van der Waals surface area (Å²) in [5.41, 5.74) is 2.34. The highest BCUT2D eigenvalue weighted by Gasteiger charge is 2.36. The van der Waals surface area contributed by atoms with Gasteiger partial charge >= 0.3 is 6.03 Å². The van der Waals surface area contributed by atoms with Gasteiger partial charge in [0.25, 0.3) is 5.89 Å². The molecular weight excluding hydrogens is 443 g/mol. The fourth-order valence-corrected chi connectivity index (χ4v) is 4.50. The monoisotopic (exact) mass is 462 g/mol. The first-order chi connectivity index (χ1) is 16.0. The van der Waals surface area contributed by atoms with Gasteiger partial charge in [0.15, 0.2) is 0 Å². The van der Waals surface area contributed by atoms with Gasteiger partial charge in [-0.05, 0) is 48.2 Å². The first kappa shape index (κ1) is 20.9. The Morgan fingerprint density at radius 2 is 2.00 bits per heavy atom. The van der Waals surface area contributed by atoms with Crippen LogP contribution in [0.1, 0.15) is 24.4 Å². The largest absolute Gasteiger partial charge is 0.497 e. The number of anilines is 1. The van der Waals surface area contributed by atoms with Crippen LogP contribution in [0.4, 0.5) is 14.9 Å². The molecule has 2 amide bonds. The number of hydrogen-bond donors (Lipinski definition) is 1. The molecule has 166 valence electrons. The highest BCUT2D eigenvalue weighted by molar-refractivity contribution is 7.13. The van der Waals surface area contributed by atoms with Crippen LogP contribution in [0, 0.1) is 5.82 Å². The molecule has 7 nitrogen and oxygen atoms in total. The first-order valence-corrected chi connectivity index (χ1v) is 11.0. The van der Waals surface area contributed by atoms with E-state index in [-0.39, 0.29) is 11.9 Å². The van der Waals surface area contributed by atoms with Gasteiger partial charge in [-0.25, -0.2) is 9.18 Å². The summed E-state index contributed by atoms with van der Waals surface area (Å²) >= 11 is 1.49. The molecule has 9 heteroatoms. The van der Waals surface area contributed by atoms with E-state index in [2.05, 4.69) is 15.5 Å². The molecule has 1 unspecified atom stereocenters. The highest BCUT2D eigenvalue weighted by atomic mass is 32.1. The van der Waals surface area contributed by atoms with E-state index in [0.717, 1.165) is 4.88 Å². The Kier molecular flexibility index (Phi) is 5.39. The lowest BCUT2D eigenvalue weighted by Gasteiger charge is -2.35. The topological polar surface area (TPSA) is 80.5 Å². The number of carbonyl (C=O) groups is 1. The molecule has 1 aliphatic rings. The van der Waals surface area contributed by atoms with Crippen molar-refractivity contribution in [3.8, 4) is 16.5 Å². The number of carbonyl (C=O) groups excluding carboxylic acids is 1. The first-order valence-electron chi connectivity index (χ1n) is 10.1. The van der Waals surface area contributed by atoms with Crippen molar-refractivity contribution in [2.45, 2.75) is 13.0 Å². The third kappa shape index (κ3) is 3.87. The number of thiophene rings is 1. The normalized spacial score (nSPS) is 16.2. The van der Waals surface area contributed by atoms with Gasteiger partial charge in [0.2, 0.25) is 5.82 Å². The van der Waals surface area contributed by atoms with Gasteiger partial charge in [0, 0.05) is 11.8 Å². The predicted octanol–water partition coefficient (Wildman–Crippen LogP) is 5.65. The summed E-state index contributed by atoms with van der Waals surface area (Å²) in [5, 5.41) is 9.02. The quantitative estimate of drug-likeness (QED) is 0.415. The molecule has 1 atom stereocenters. The number of rotatable bonds is 5. The molecule has 3 heterocycles. The Bertz CT molecular complexity index is 1350. The number of urea groups is 1. The van der Waals surface area contributed by atoms with E-state index < -0.39 is 11.9 Å². The van der Waals surface area contributed by atoms with Gasteiger partial charge in [0.05, 0.1) is 29.3 Å². The van der Waals surface area contributed by atoms with Crippen LogP contribution in [0.3, 0.4) is 0 Å². The van der Waals surface area contributed by atoms with E-state index in [4.69, 9.17) is 9.26 Å². The van der Waals surface area contributed by atoms with Crippen LogP contribution in [0.25, 0.3) is 16.3 Å². The van der Waals surface area contributed by atoms with Crippen molar-refractivity contribution in [3.63, 3.8) is 0 Å². The van der Waals surface area contributed by atoms with Crippen LogP contribution in [-0.4, -0.2) is 23.3 Å². The minimum Gasteiger partial charge on any atom is -0.497 e. The number of benzene rings is 2. The van der Waals surface area contributed by atoms with Crippen LogP contribution < -0.4 is 15.0 Å². The number of ether oxygens (including phenoxy) is 1. The van der Waals surface area contributed by atoms with Crippen molar-refractivity contribution in [1.29, 1.82) is 0 Å². The number of nitrogens with one attached hydrogen (secondary N) is 1. The molecule has 0 saturated heterocycles. The van der Waals surface area contributed by atoms with Crippen LogP contribution >= 0.6 is 11.3 Å². The fourth-order valence-electron chi connectivity index (χ4n) is 3.86. The molecule has 0 aliphatic carbocycles. The highest BCUT2D eigenvalue weighted by Crippen LogP contribution is 2.40. The SMILES string of the molecule is COc1cccc(N2C(=O)NC(c3cccc(F)c3)C(c3nc(-c4cccs4)no3)=C2C)c1. The molecular formula is C24H19FN4O3S. The Hall–Kier alpha value is -3.98. The molecule has 0 radical (unpaired) electrons. The van der Waals surface area contributed by atoms with E-state index >= 15 is 0 Å².